The van der Waals surface area contributed by atoms with Gasteiger partial charge in [-0.2, -0.15) is 0 Å². The van der Waals surface area contributed by atoms with Crippen LogP contribution in [0.1, 0.15) is 27.4 Å². The molecule has 0 spiro atoms. The zero-order valence-electron chi connectivity index (χ0n) is 17.8. The SMILES string of the molecule is O=C(Nc1cc(F)cc(C(=O)NC(CO)C(=O)O)c1)OCC1c2ccccc2-c2ccccc21. The topological polar surface area (TPSA) is 125 Å². The summed E-state index contributed by atoms with van der Waals surface area (Å²) in [7, 11) is 0. The first-order valence-corrected chi connectivity index (χ1v) is 10.4. The predicted octanol–water partition coefficient (Wildman–Crippen LogP) is 3.36. The Labute approximate surface area is 194 Å². The molecule has 34 heavy (non-hydrogen) atoms. The fourth-order valence-electron chi connectivity index (χ4n) is 3.97. The van der Waals surface area contributed by atoms with Gasteiger partial charge in [-0.3, -0.25) is 10.1 Å². The lowest BCUT2D eigenvalue weighted by molar-refractivity contribution is -0.140. The highest BCUT2D eigenvalue weighted by Crippen LogP contribution is 2.44. The Kier molecular flexibility index (Phi) is 6.55. The molecule has 1 aliphatic carbocycles. The van der Waals surface area contributed by atoms with Crippen molar-refractivity contribution < 1.29 is 33.7 Å². The van der Waals surface area contributed by atoms with Crippen LogP contribution in [-0.2, 0) is 9.53 Å². The molecule has 0 aliphatic heterocycles. The van der Waals surface area contributed by atoms with Gasteiger partial charge in [0.15, 0.2) is 6.04 Å². The van der Waals surface area contributed by atoms with Gasteiger partial charge in [-0.15, -0.1) is 0 Å². The number of carbonyl (C=O) groups excluding carboxylic acids is 2. The van der Waals surface area contributed by atoms with Crippen molar-refractivity contribution in [1.29, 1.82) is 0 Å². The Morgan fingerprint density at radius 3 is 2.18 bits per heavy atom. The molecule has 0 radical (unpaired) electrons. The van der Waals surface area contributed by atoms with Crippen LogP contribution in [0, 0.1) is 5.82 Å². The standard InChI is InChI=1S/C25H21FN2O6/c26-15-9-14(23(30)28-22(12-29)24(31)32)10-16(11-15)27-25(33)34-13-21-19-7-3-1-5-17(19)18-6-2-4-8-20(18)21/h1-11,21-22,29H,12-13H2,(H,27,33)(H,28,30)(H,31,32). The Hall–Kier alpha value is -4.24. The second-order valence-electron chi connectivity index (χ2n) is 7.73. The zero-order chi connectivity index (χ0) is 24.2. The number of nitrogens with one attached hydrogen (secondary N) is 2. The van der Waals surface area contributed by atoms with Crippen molar-refractivity contribution in [1.82, 2.24) is 5.32 Å². The third kappa shape index (κ3) is 4.74. The van der Waals surface area contributed by atoms with Crippen LogP contribution in [0.4, 0.5) is 14.9 Å². The van der Waals surface area contributed by atoms with Gasteiger partial charge in [0, 0.05) is 17.2 Å². The zero-order valence-corrected chi connectivity index (χ0v) is 17.8. The van der Waals surface area contributed by atoms with Gasteiger partial charge in [-0.25, -0.2) is 14.0 Å². The molecule has 1 unspecified atom stereocenters. The summed E-state index contributed by atoms with van der Waals surface area (Å²) in [6, 6.07) is 17.2. The molecule has 4 rings (SSSR count). The van der Waals surface area contributed by atoms with Crippen LogP contribution in [0.2, 0.25) is 0 Å². The molecule has 174 valence electrons. The van der Waals surface area contributed by atoms with Gasteiger partial charge in [-0.05, 0) is 40.5 Å². The fourth-order valence-corrected chi connectivity index (χ4v) is 3.97. The highest BCUT2D eigenvalue weighted by atomic mass is 19.1. The van der Waals surface area contributed by atoms with E-state index in [4.69, 9.17) is 14.9 Å². The van der Waals surface area contributed by atoms with E-state index in [0.29, 0.717) is 0 Å². The number of carbonyl (C=O) groups is 3. The summed E-state index contributed by atoms with van der Waals surface area (Å²) in [5, 5.41) is 22.5. The number of carboxylic acid groups (broad SMARTS) is 1. The molecule has 0 saturated heterocycles. The lowest BCUT2D eigenvalue weighted by Gasteiger charge is -2.15. The number of hydrogen-bond donors (Lipinski definition) is 4. The van der Waals surface area contributed by atoms with Crippen molar-refractivity contribution in [3.8, 4) is 11.1 Å². The van der Waals surface area contributed by atoms with Crippen molar-refractivity contribution in [2.45, 2.75) is 12.0 Å². The molecule has 3 aromatic rings. The number of aliphatic hydroxyl groups is 1. The van der Waals surface area contributed by atoms with Gasteiger partial charge in [-0.1, -0.05) is 48.5 Å². The normalized spacial score (nSPS) is 12.9. The maximum Gasteiger partial charge on any atom is 0.411 e. The number of ether oxygens (including phenoxy) is 1. The third-order valence-corrected chi connectivity index (χ3v) is 5.54. The first-order valence-electron chi connectivity index (χ1n) is 10.4. The lowest BCUT2D eigenvalue weighted by atomic mass is 9.98. The number of benzene rings is 3. The highest BCUT2D eigenvalue weighted by Gasteiger charge is 2.29. The summed E-state index contributed by atoms with van der Waals surface area (Å²) < 4.78 is 19.5. The van der Waals surface area contributed by atoms with Crippen LogP contribution >= 0.6 is 0 Å². The van der Waals surface area contributed by atoms with E-state index in [1.807, 2.05) is 48.5 Å². The van der Waals surface area contributed by atoms with Crippen LogP contribution in [0.3, 0.4) is 0 Å². The van der Waals surface area contributed by atoms with Crippen molar-refractivity contribution in [2.75, 3.05) is 18.5 Å². The number of hydrogen-bond acceptors (Lipinski definition) is 5. The smallest absolute Gasteiger partial charge is 0.411 e. The maximum absolute atomic E-state index is 14.0. The minimum Gasteiger partial charge on any atom is -0.480 e. The van der Waals surface area contributed by atoms with Crippen LogP contribution in [0.25, 0.3) is 11.1 Å². The second kappa shape index (κ2) is 9.72. The minimum atomic E-state index is -1.55. The maximum atomic E-state index is 14.0. The summed E-state index contributed by atoms with van der Waals surface area (Å²) >= 11 is 0. The molecule has 1 atom stereocenters. The van der Waals surface area contributed by atoms with E-state index in [0.717, 1.165) is 34.4 Å². The number of anilines is 1. The van der Waals surface area contributed by atoms with Gasteiger partial charge < -0.3 is 20.3 Å². The number of amides is 2. The van der Waals surface area contributed by atoms with Gasteiger partial charge >= 0.3 is 12.1 Å². The van der Waals surface area contributed by atoms with E-state index >= 15 is 0 Å². The molecular weight excluding hydrogens is 443 g/mol. The van der Waals surface area contributed by atoms with Gasteiger partial charge in [0.2, 0.25) is 0 Å². The molecular formula is C25H21FN2O6. The van der Waals surface area contributed by atoms with Crippen molar-refractivity contribution in [2.24, 2.45) is 0 Å². The number of aliphatic carboxylic acids is 1. The molecule has 0 aromatic heterocycles. The summed E-state index contributed by atoms with van der Waals surface area (Å²) in [6.07, 6.45) is -0.836. The molecule has 0 bridgehead atoms. The van der Waals surface area contributed by atoms with Gasteiger partial charge in [0.05, 0.1) is 6.61 Å². The Balaban J connectivity index is 1.44. The molecule has 2 amide bonds. The third-order valence-electron chi connectivity index (χ3n) is 5.54. The van der Waals surface area contributed by atoms with Crippen molar-refractivity contribution >= 4 is 23.7 Å². The molecule has 8 nitrogen and oxygen atoms in total. The van der Waals surface area contributed by atoms with E-state index in [1.165, 1.54) is 6.07 Å². The van der Waals surface area contributed by atoms with E-state index < -0.39 is 36.4 Å². The van der Waals surface area contributed by atoms with Crippen molar-refractivity contribution in [3.05, 3.63) is 89.2 Å². The Morgan fingerprint density at radius 2 is 1.59 bits per heavy atom. The fraction of sp³-hybridized carbons (Fsp3) is 0.160. The molecule has 0 fully saturated rings. The number of fused-ring (bicyclic) bond motifs is 3. The Morgan fingerprint density at radius 1 is 0.971 bits per heavy atom. The monoisotopic (exact) mass is 464 g/mol. The molecule has 9 heteroatoms. The van der Waals surface area contributed by atoms with Crippen LogP contribution in [0.15, 0.2) is 66.7 Å². The summed E-state index contributed by atoms with van der Waals surface area (Å²) in [5.74, 6) is -3.34. The average Bonchev–Trinajstić information content (AvgIpc) is 3.14. The summed E-state index contributed by atoms with van der Waals surface area (Å²) in [5.41, 5.74) is 3.97. The average molecular weight is 464 g/mol. The summed E-state index contributed by atoms with van der Waals surface area (Å²) in [6.45, 7) is -0.777. The van der Waals surface area contributed by atoms with Crippen LogP contribution < -0.4 is 10.6 Å². The predicted molar refractivity (Wildman–Crippen MR) is 121 cm³/mol. The van der Waals surface area contributed by atoms with Crippen LogP contribution in [-0.4, -0.2) is 47.4 Å². The molecule has 3 aromatic carbocycles. The van der Waals surface area contributed by atoms with E-state index in [1.54, 1.807) is 0 Å². The number of rotatable bonds is 7. The number of carboxylic acids is 1. The van der Waals surface area contributed by atoms with E-state index in [9.17, 15) is 18.8 Å². The lowest BCUT2D eigenvalue weighted by Crippen LogP contribution is -2.43. The molecule has 4 N–H and O–H groups in total. The highest BCUT2D eigenvalue weighted by molar-refractivity contribution is 5.98. The molecule has 1 aliphatic rings. The molecule has 0 heterocycles. The minimum absolute atomic E-state index is 0.0433. The first kappa shape index (κ1) is 22.9. The first-order chi connectivity index (χ1) is 16.4. The quantitative estimate of drug-likeness (QED) is 0.425. The van der Waals surface area contributed by atoms with Gasteiger partial charge in [0.25, 0.3) is 5.91 Å². The Bertz CT molecular complexity index is 1220. The largest absolute Gasteiger partial charge is 0.480 e. The summed E-state index contributed by atoms with van der Waals surface area (Å²) in [4.78, 5) is 35.7. The van der Waals surface area contributed by atoms with E-state index in [-0.39, 0.29) is 23.8 Å². The second-order valence-corrected chi connectivity index (χ2v) is 7.73. The number of aliphatic hydroxyl groups excluding tert-OH is 1. The molecule has 0 saturated carbocycles. The van der Waals surface area contributed by atoms with Crippen LogP contribution in [0.5, 0.6) is 0 Å². The van der Waals surface area contributed by atoms with E-state index in [2.05, 4.69) is 10.6 Å². The van der Waals surface area contributed by atoms with Gasteiger partial charge in [0.1, 0.15) is 12.4 Å². The number of halogens is 1. The van der Waals surface area contributed by atoms with Crippen molar-refractivity contribution in [3.63, 3.8) is 0 Å².